The number of para-hydroxylation sites is 4. The largest absolute Gasteiger partial charge is 0.308 e. The molecule has 0 spiro atoms. The molecule has 0 unspecified atom stereocenters. The fraction of sp³-hybridized carbons (Fsp3) is 0. The lowest BCUT2D eigenvalue weighted by Crippen LogP contribution is -2.06. The highest BCUT2D eigenvalue weighted by Gasteiger charge is 2.46. The Kier molecular flexibility index (Phi) is 6.30. The van der Waals surface area contributed by atoms with E-state index in [1.54, 1.807) is 0 Å². The maximum Gasteiger partial charge on any atom is 0.0678 e. The number of fused-ring (bicyclic) bond motifs is 9. The predicted octanol–water partition coefficient (Wildman–Crippen LogP) is 12.6. The second kappa shape index (κ2) is 11.0. The van der Waals surface area contributed by atoms with E-state index in [2.05, 4.69) is 203 Å². The van der Waals surface area contributed by atoms with E-state index in [9.17, 15) is 0 Å². The summed E-state index contributed by atoms with van der Waals surface area (Å²) in [5, 5.41) is 2.56. The molecule has 0 saturated heterocycles. The second-order valence-electron chi connectivity index (χ2n) is 12.5. The van der Waals surface area contributed by atoms with Gasteiger partial charge in [-0.15, -0.1) is 10.0 Å². The van der Waals surface area contributed by atoms with Crippen LogP contribution in [-0.4, -0.2) is 9.13 Å². The molecule has 2 aromatic heterocycles. The molecular formula is C46H32N2S. The molecule has 0 radical (unpaired) electrons. The normalized spacial score (nSPS) is 13.7. The van der Waals surface area contributed by atoms with Crippen LogP contribution in [0.25, 0.3) is 55.7 Å². The van der Waals surface area contributed by atoms with Gasteiger partial charge in [0.15, 0.2) is 0 Å². The smallest absolute Gasteiger partial charge is 0.0678 e. The highest BCUT2D eigenvalue weighted by atomic mass is 32.3. The molecule has 2 nitrogen and oxygen atoms in total. The van der Waals surface area contributed by atoms with Crippen molar-refractivity contribution in [3.05, 3.63) is 194 Å². The summed E-state index contributed by atoms with van der Waals surface area (Å²) in [6.07, 6.45) is 0. The van der Waals surface area contributed by atoms with E-state index >= 15 is 0 Å². The minimum atomic E-state index is -2.15. The number of hydrogen-bond acceptors (Lipinski definition) is 0. The lowest BCUT2D eigenvalue weighted by atomic mass is 10.0. The third-order valence-corrected chi connectivity index (χ3v) is 13.9. The summed E-state index contributed by atoms with van der Waals surface area (Å²) in [4.78, 5) is 5.41. The topological polar surface area (TPSA) is 9.86 Å². The Bertz CT molecular complexity index is 2450. The first kappa shape index (κ1) is 28.0. The zero-order valence-corrected chi connectivity index (χ0v) is 27.6. The minimum Gasteiger partial charge on any atom is -0.308 e. The van der Waals surface area contributed by atoms with Crippen molar-refractivity contribution in [2.45, 2.75) is 19.6 Å². The fourth-order valence-corrected chi connectivity index (χ4v) is 12.6. The van der Waals surface area contributed by atoms with E-state index in [0.717, 1.165) is 11.4 Å². The summed E-state index contributed by atoms with van der Waals surface area (Å²) in [5.41, 5.74) is 9.73. The number of hydrogen-bond donors (Lipinski definition) is 0. The van der Waals surface area contributed by atoms with Crippen molar-refractivity contribution in [3.8, 4) is 33.9 Å². The Hall–Kier alpha value is -6.03. The molecule has 49 heavy (non-hydrogen) atoms. The van der Waals surface area contributed by atoms with Crippen LogP contribution >= 0.6 is 10.0 Å². The van der Waals surface area contributed by atoms with Crippen LogP contribution in [-0.2, 0) is 0 Å². The standard InChI is InChI=1S/C46H32N2S/c1-5-19-33(20-6-1)47-41-31-17-15-29-39(41)45-43(47)37-27-13-14-28-38(37)44-46(40-30-16-18-32-42(40)48(44)34-21-7-2-8-22-34)49(45,35-23-9-3-10-24-35)36-25-11-4-12-26-36/h1-32H. The molecule has 3 heterocycles. The minimum absolute atomic E-state index is 1.16. The highest BCUT2D eigenvalue weighted by Crippen LogP contribution is 2.80. The average molecular weight is 645 g/mol. The lowest BCUT2D eigenvalue weighted by Gasteiger charge is -2.42. The van der Waals surface area contributed by atoms with Crippen LogP contribution in [0, 0.1) is 0 Å². The molecule has 0 bridgehead atoms. The molecule has 0 aliphatic carbocycles. The van der Waals surface area contributed by atoms with Crippen molar-refractivity contribution < 1.29 is 0 Å². The third-order valence-electron chi connectivity index (χ3n) is 9.93. The Labute approximate surface area is 287 Å². The molecule has 0 saturated carbocycles. The number of nitrogens with zero attached hydrogens (tertiary/aromatic N) is 2. The quantitative estimate of drug-likeness (QED) is 0.180. The maximum absolute atomic E-state index is 2.53. The summed E-state index contributed by atoms with van der Waals surface area (Å²) in [6, 6.07) is 71.6. The van der Waals surface area contributed by atoms with Crippen LogP contribution in [0.15, 0.2) is 214 Å². The zero-order chi connectivity index (χ0) is 32.4. The Morgan fingerprint density at radius 1 is 0.306 bits per heavy atom. The van der Waals surface area contributed by atoms with Crippen LogP contribution in [0.5, 0.6) is 0 Å². The highest BCUT2D eigenvalue weighted by molar-refractivity contribution is 8.34. The lowest BCUT2D eigenvalue weighted by molar-refractivity contribution is 1.11. The van der Waals surface area contributed by atoms with Crippen LogP contribution in [0.4, 0.5) is 0 Å². The van der Waals surface area contributed by atoms with Gasteiger partial charge < -0.3 is 9.13 Å². The van der Waals surface area contributed by atoms with Gasteiger partial charge in [0, 0.05) is 52.9 Å². The molecule has 1 aliphatic heterocycles. The molecule has 9 aromatic rings. The summed E-state index contributed by atoms with van der Waals surface area (Å²) in [6.45, 7) is 0. The van der Waals surface area contributed by atoms with Gasteiger partial charge in [-0.25, -0.2) is 0 Å². The summed E-state index contributed by atoms with van der Waals surface area (Å²) in [5.74, 6) is 0. The van der Waals surface area contributed by atoms with Gasteiger partial charge in [0.1, 0.15) is 0 Å². The average Bonchev–Trinajstić information content (AvgIpc) is 3.68. The van der Waals surface area contributed by atoms with Gasteiger partial charge in [0.2, 0.25) is 0 Å². The van der Waals surface area contributed by atoms with Crippen molar-refractivity contribution in [1.82, 2.24) is 9.13 Å². The van der Waals surface area contributed by atoms with Gasteiger partial charge in [-0.3, -0.25) is 0 Å². The van der Waals surface area contributed by atoms with Crippen molar-refractivity contribution in [3.63, 3.8) is 0 Å². The van der Waals surface area contributed by atoms with Gasteiger partial charge in [-0.2, -0.15) is 0 Å². The first-order valence-electron chi connectivity index (χ1n) is 16.8. The van der Waals surface area contributed by atoms with Crippen LogP contribution in [0.2, 0.25) is 0 Å². The molecule has 7 aromatic carbocycles. The van der Waals surface area contributed by atoms with Crippen LogP contribution < -0.4 is 0 Å². The molecular weight excluding hydrogens is 613 g/mol. The first-order valence-corrected chi connectivity index (χ1v) is 18.4. The van der Waals surface area contributed by atoms with E-state index in [4.69, 9.17) is 0 Å². The Balaban J connectivity index is 1.56. The number of rotatable bonds is 4. The molecule has 3 heteroatoms. The van der Waals surface area contributed by atoms with Crippen LogP contribution in [0.1, 0.15) is 0 Å². The second-order valence-corrected chi connectivity index (χ2v) is 15.5. The van der Waals surface area contributed by atoms with E-state index in [0.29, 0.717) is 0 Å². The van der Waals surface area contributed by atoms with Crippen molar-refractivity contribution in [2.24, 2.45) is 0 Å². The van der Waals surface area contributed by atoms with E-state index < -0.39 is 10.0 Å². The molecule has 1 aliphatic rings. The molecule has 10 rings (SSSR count). The van der Waals surface area contributed by atoms with Crippen molar-refractivity contribution in [1.29, 1.82) is 0 Å². The SMILES string of the molecule is c1ccc(-n2c3c(c4ccccc42)S(c2ccccc2)(c2ccccc2)c2c(n(-c4ccccc4)c4ccccc24)-c2ccccc2-3)cc1. The Morgan fingerprint density at radius 3 is 1.04 bits per heavy atom. The van der Waals surface area contributed by atoms with Crippen molar-refractivity contribution >= 4 is 31.8 Å². The summed E-state index contributed by atoms with van der Waals surface area (Å²) in [7, 11) is -2.15. The maximum atomic E-state index is 2.53. The van der Waals surface area contributed by atoms with Gasteiger partial charge in [-0.05, 0) is 60.7 Å². The molecule has 0 atom stereocenters. The molecule has 232 valence electrons. The zero-order valence-electron chi connectivity index (χ0n) is 26.8. The summed E-state index contributed by atoms with van der Waals surface area (Å²) >= 11 is 0. The predicted molar refractivity (Wildman–Crippen MR) is 205 cm³/mol. The fourth-order valence-electron chi connectivity index (χ4n) is 8.07. The first-order chi connectivity index (χ1) is 24.4. The molecule has 0 amide bonds. The van der Waals surface area contributed by atoms with E-state index in [-0.39, 0.29) is 0 Å². The summed E-state index contributed by atoms with van der Waals surface area (Å²) < 4.78 is 5.05. The van der Waals surface area contributed by atoms with Crippen molar-refractivity contribution in [2.75, 3.05) is 0 Å². The van der Waals surface area contributed by atoms with Gasteiger partial charge >= 0.3 is 0 Å². The number of aromatic nitrogens is 2. The third kappa shape index (κ3) is 3.91. The monoisotopic (exact) mass is 644 g/mol. The van der Waals surface area contributed by atoms with E-state index in [1.165, 1.54) is 63.9 Å². The number of benzene rings is 7. The molecule has 0 fully saturated rings. The Morgan fingerprint density at radius 2 is 0.633 bits per heavy atom. The molecule has 0 N–H and O–H groups in total. The van der Waals surface area contributed by atoms with E-state index in [1.807, 2.05) is 0 Å². The van der Waals surface area contributed by atoms with Crippen LogP contribution in [0.3, 0.4) is 0 Å². The van der Waals surface area contributed by atoms with Gasteiger partial charge in [-0.1, -0.05) is 133 Å². The van der Waals surface area contributed by atoms with Gasteiger partial charge in [0.25, 0.3) is 0 Å². The van der Waals surface area contributed by atoms with Gasteiger partial charge in [0.05, 0.1) is 22.4 Å².